The van der Waals surface area contributed by atoms with Crippen LogP contribution in [0.2, 0.25) is 0 Å². The summed E-state index contributed by atoms with van der Waals surface area (Å²) in [4.78, 5) is 25.5. The highest BCUT2D eigenvalue weighted by molar-refractivity contribution is 9.12. The Labute approximate surface area is 152 Å². The Hall–Kier alpha value is -2.92. The molecule has 0 amide bonds. The standard InChI is InChI=1S/C20H12BrNO3/c21-16-17(22-13-9-5-2-6-10-13)18(23)14-11-15(25-20(14)19(16)24)12-7-3-1-4-8-12/h1-11,22H. The maximum Gasteiger partial charge on any atom is 0.238 e. The van der Waals surface area contributed by atoms with Gasteiger partial charge in [0, 0.05) is 11.3 Å². The molecule has 0 spiro atoms. The van der Waals surface area contributed by atoms with Crippen molar-refractivity contribution in [2.24, 2.45) is 0 Å². The van der Waals surface area contributed by atoms with E-state index in [4.69, 9.17) is 4.42 Å². The minimum Gasteiger partial charge on any atom is -0.452 e. The summed E-state index contributed by atoms with van der Waals surface area (Å²) in [6.07, 6.45) is 0. The third kappa shape index (κ3) is 2.72. The molecule has 0 fully saturated rings. The van der Waals surface area contributed by atoms with Crippen LogP contribution in [0.5, 0.6) is 0 Å². The molecule has 0 bridgehead atoms. The molecule has 4 rings (SSSR count). The monoisotopic (exact) mass is 393 g/mol. The number of furan rings is 1. The Morgan fingerprint density at radius 1 is 0.840 bits per heavy atom. The van der Waals surface area contributed by atoms with Gasteiger partial charge >= 0.3 is 0 Å². The SMILES string of the molecule is O=C1C(Nc2ccccc2)=C(Br)C(=O)c2oc(-c3ccccc3)cc21. The van der Waals surface area contributed by atoms with E-state index < -0.39 is 0 Å². The highest BCUT2D eigenvalue weighted by atomic mass is 79.9. The third-order valence-corrected chi connectivity index (χ3v) is 4.69. The van der Waals surface area contributed by atoms with Crippen molar-refractivity contribution in [2.45, 2.75) is 0 Å². The van der Waals surface area contributed by atoms with Gasteiger partial charge in [-0.05, 0) is 34.1 Å². The molecule has 25 heavy (non-hydrogen) atoms. The summed E-state index contributed by atoms with van der Waals surface area (Å²) in [5, 5.41) is 3.02. The van der Waals surface area contributed by atoms with E-state index in [1.54, 1.807) is 6.07 Å². The van der Waals surface area contributed by atoms with Crippen LogP contribution in [-0.2, 0) is 0 Å². The molecular weight excluding hydrogens is 382 g/mol. The second-order valence-electron chi connectivity index (χ2n) is 5.56. The number of fused-ring (bicyclic) bond motifs is 1. The number of carbonyl (C=O) groups is 2. The van der Waals surface area contributed by atoms with Crippen LogP contribution < -0.4 is 5.32 Å². The smallest absolute Gasteiger partial charge is 0.238 e. The minimum absolute atomic E-state index is 0.0642. The second-order valence-corrected chi connectivity index (χ2v) is 6.35. The number of hydrogen-bond donors (Lipinski definition) is 1. The van der Waals surface area contributed by atoms with Crippen molar-refractivity contribution >= 4 is 33.2 Å². The van der Waals surface area contributed by atoms with Gasteiger partial charge in [0.2, 0.25) is 11.6 Å². The number of hydrogen-bond acceptors (Lipinski definition) is 4. The number of para-hydroxylation sites is 1. The highest BCUT2D eigenvalue weighted by Gasteiger charge is 2.35. The molecule has 4 nitrogen and oxygen atoms in total. The molecule has 1 heterocycles. The molecule has 0 unspecified atom stereocenters. The molecule has 0 atom stereocenters. The summed E-state index contributed by atoms with van der Waals surface area (Å²) >= 11 is 3.24. The first-order valence-electron chi connectivity index (χ1n) is 7.65. The van der Waals surface area contributed by atoms with E-state index in [0.29, 0.717) is 5.76 Å². The Bertz CT molecular complexity index is 1000. The van der Waals surface area contributed by atoms with E-state index in [9.17, 15) is 9.59 Å². The van der Waals surface area contributed by atoms with Crippen LogP contribution in [0.4, 0.5) is 5.69 Å². The lowest BCUT2D eigenvalue weighted by molar-refractivity contribution is 0.0966. The zero-order valence-electron chi connectivity index (χ0n) is 13.0. The van der Waals surface area contributed by atoms with Crippen molar-refractivity contribution in [1.82, 2.24) is 0 Å². The van der Waals surface area contributed by atoms with Gasteiger partial charge in [-0.3, -0.25) is 9.59 Å². The number of anilines is 1. The summed E-state index contributed by atoms with van der Waals surface area (Å²) in [7, 11) is 0. The van der Waals surface area contributed by atoms with Crippen molar-refractivity contribution in [3.8, 4) is 11.3 Å². The number of rotatable bonds is 3. The van der Waals surface area contributed by atoms with Crippen LogP contribution in [0.25, 0.3) is 11.3 Å². The molecule has 1 aliphatic carbocycles. The minimum atomic E-state index is -0.352. The van der Waals surface area contributed by atoms with E-state index in [0.717, 1.165) is 11.3 Å². The summed E-state index contributed by atoms with van der Waals surface area (Å²) in [5.74, 6) is -0.0747. The van der Waals surface area contributed by atoms with Crippen LogP contribution in [0.15, 0.2) is 81.3 Å². The van der Waals surface area contributed by atoms with Gasteiger partial charge in [-0.1, -0.05) is 48.5 Å². The number of nitrogens with one attached hydrogen (secondary N) is 1. The number of benzene rings is 2. The van der Waals surface area contributed by atoms with Gasteiger partial charge in [-0.2, -0.15) is 0 Å². The van der Waals surface area contributed by atoms with Gasteiger partial charge in [0.05, 0.1) is 10.0 Å². The molecule has 0 saturated heterocycles. The van der Waals surface area contributed by atoms with E-state index in [-0.39, 0.29) is 33.1 Å². The van der Waals surface area contributed by atoms with E-state index in [1.807, 2.05) is 60.7 Å². The fourth-order valence-electron chi connectivity index (χ4n) is 2.70. The van der Waals surface area contributed by atoms with Crippen LogP contribution in [0.1, 0.15) is 20.9 Å². The average Bonchev–Trinajstić information content (AvgIpc) is 3.11. The molecular formula is C20H12BrNO3. The molecule has 3 aromatic rings. The fraction of sp³-hybridized carbons (Fsp3) is 0. The van der Waals surface area contributed by atoms with Gasteiger partial charge in [-0.15, -0.1) is 0 Å². The first kappa shape index (κ1) is 15.6. The highest BCUT2D eigenvalue weighted by Crippen LogP contribution is 2.35. The van der Waals surface area contributed by atoms with Gasteiger partial charge < -0.3 is 9.73 Å². The van der Waals surface area contributed by atoms with Crippen molar-refractivity contribution in [3.63, 3.8) is 0 Å². The Morgan fingerprint density at radius 3 is 2.16 bits per heavy atom. The summed E-state index contributed by atoms with van der Waals surface area (Å²) in [6, 6.07) is 20.2. The first-order chi connectivity index (χ1) is 12.1. The van der Waals surface area contributed by atoms with Gasteiger partial charge in [0.15, 0.2) is 5.76 Å². The topological polar surface area (TPSA) is 59.3 Å². The van der Waals surface area contributed by atoms with Crippen LogP contribution in [0, 0.1) is 0 Å². The normalized spacial score (nSPS) is 13.8. The Morgan fingerprint density at radius 2 is 1.48 bits per heavy atom. The number of carbonyl (C=O) groups excluding carboxylic acids is 2. The zero-order valence-corrected chi connectivity index (χ0v) is 14.5. The van der Waals surface area contributed by atoms with Crippen molar-refractivity contribution in [3.05, 3.63) is 88.2 Å². The number of allylic oxidation sites excluding steroid dienone is 2. The molecule has 122 valence electrons. The largest absolute Gasteiger partial charge is 0.452 e. The van der Waals surface area contributed by atoms with Gasteiger partial charge in [0.25, 0.3) is 0 Å². The number of Topliss-reactive ketones (excluding diaryl/α,β-unsaturated/α-hetero) is 2. The molecule has 0 saturated carbocycles. The summed E-state index contributed by atoms with van der Waals surface area (Å²) in [6.45, 7) is 0. The lowest BCUT2D eigenvalue weighted by Gasteiger charge is -2.15. The summed E-state index contributed by atoms with van der Waals surface area (Å²) in [5.41, 5.74) is 2.02. The summed E-state index contributed by atoms with van der Waals surface area (Å²) < 4.78 is 5.85. The quantitative estimate of drug-likeness (QED) is 0.676. The molecule has 1 aliphatic rings. The molecule has 2 aromatic carbocycles. The first-order valence-corrected chi connectivity index (χ1v) is 8.45. The fourth-order valence-corrected chi connectivity index (χ4v) is 3.16. The molecule has 1 N–H and O–H groups in total. The van der Waals surface area contributed by atoms with Crippen molar-refractivity contribution < 1.29 is 14.0 Å². The zero-order chi connectivity index (χ0) is 17.4. The Balaban J connectivity index is 1.75. The molecule has 0 aliphatic heterocycles. The van der Waals surface area contributed by atoms with E-state index in [1.165, 1.54) is 0 Å². The van der Waals surface area contributed by atoms with E-state index >= 15 is 0 Å². The molecule has 5 heteroatoms. The number of ketones is 2. The van der Waals surface area contributed by atoms with Crippen LogP contribution in [0.3, 0.4) is 0 Å². The lowest BCUT2D eigenvalue weighted by atomic mass is 9.99. The lowest BCUT2D eigenvalue weighted by Crippen LogP contribution is -2.22. The van der Waals surface area contributed by atoms with Crippen molar-refractivity contribution in [1.29, 1.82) is 0 Å². The maximum atomic E-state index is 12.9. The average molecular weight is 394 g/mol. The predicted molar refractivity (Wildman–Crippen MR) is 98.8 cm³/mol. The van der Waals surface area contributed by atoms with Crippen LogP contribution >= 0.6 is 15.9 Å². The van der Waals surface area contributed by atoms with E-state index in [2.05, 4.69) is 21.2 Å². The van der Waals surface area contributed by atoms with Crippen molar-refractivity contribution in [2.75, 3.05) is 5.32 Å². The van der Waals surface area contributed by atoms with Crippen LogP contribution in [-0.4, -0.2) is 11.6 Å². The van der Waals surface area contributed by atoms with Gasteiger partial charge in [-0.25, -0.2) is 0 Å². The molecule has 1 aromatic heterocycles. The van der Waals surface area contributed by atoms with Gasteiger partial charge in [0.1, 0.15) is 11.5 Å². The predicted octanol–water partition coefficient (Wildman–Crippen LogP) is 5.04. The Kier molecular flexibility index (Phi) is 3.86. The third-order valence-electron chi connectivity index (χ3n) is 3.93. The second kappa shape index (κ2) is 6.18. The number of halogens is 1. The molecule has 0 radical (unpaired) electrons. The maximum absolute atomic E-state index is 12.9.